The number of furan rings is 1. The minimum atomic E-state index is -0.0589. The van der Waals surface area contributed by atoms with E-state index in [9.17, 15) is 4.79 Å². The Labute approximate surface area is 171 Å². The molecule has 1 aliphatic heterocycles. The second-order valence-electron chi connectivity index (χ2n) is 7.65. The maximum Gasteiger partial charge on any atom is 0.255 e. The second kappa shape index (κ2) is 8.70. The first-order valence-corrected chi connectivity index (χ1v) is 10.4. The lowest BCUT2D eigenvalue weighted by Gasteiger charge is -2.31. The third-order valence-electron chi connectivity index (χ3n) is 5.68. The van der Waals surface area contributed by atoms with Crippen LogP contribution in [-0.2, 0) is 6.61 Å². The number of carbonyl (C=O) groups is 1. The van der Waals surface area contributed by atoms with Crippen molar-refractivity contribution in [3.8, 4) is 5.75 Å². The number of likely N-dealkylation sites (tertiary alicyclic amines) is 1. The molecule has 29 heavy (non-hydrogen) atoms. The molecule has 0 atom stereocenters. The van der Waals surface area contributed by atoms with Crippen LogP contribution in [0.15, 0.2) is 52.9 Å². The molecule has 1 amide bonds. The Balaban J connectivity index is 1.49. The van der Waals surface area contributed by atoms with Gasteiger partial charge in [-0.1, -0.05) is 37.3 Å². The monoisotopic (exact) mass is 392 g/mol. The van der Waals surface area contributed by atoms with E-state index in [0.717, 1.165) is 49.2 Å². The van der Waals surface area contributed by atoms with Crippen LogP contribution in [0.25, 0.3) is 11.0 Å². The standard InChI is InChI=1S/C24H28N2O3/c1-3-26-13-11-19(12-14-26)25-24(27)23-17(2)29-22-10-9-20(15-21(22)23)28-16-18-7-5-4-6-8-18/h4-10,15,19H,3,11-14,16H2,1-2H3,(H,25,27). The van der Waals surface area contributed by atoms with Crippen molar-refractivity contribution in [2.24, 2.45) is 0 Å². The van der Waals surface area contributed by atoms with Crippen molar-refractivity contribution in [1.82, 2.24) is 10.2 Å². The van der Waals surface area contributed by atoms with Crippen molar-refractivity contribution in [2.45, 2.75) is 39.3 Å². The lowest BCUT2D eigenvalue weighted by Crippen LogP contribution is -2.44. The van der Waals surface area contributed by atoms with Gasteiger partial charge in [0.15, 0.2) is 0 Å². The highest BCUT2D eigenvalue weighted by Crippen LogP contribution is 2.29. The Hall–Kier alpha value is -2.79. The summed E-state index contributed by atoms with van der Waals surface area (Å²) in [6.45, 7) is 7.64. The predicted molar refractivity (Wildman–Crippen MR) is 114 cm³/mol. The molecule has 1 fully saturated rings. The number of hydrogen-bond donors (Lipinski definition) is 1. The van der Waals surface area contributed by atoms with Gasteiger partial charge in [-0.3, -0.25) is 4.79 Å². The van der Waals surface area contributed by atoms with Crippen LogP contribution >= 0.6 is 0 Å². The van der Waals surface area contributed by atoms with E-state index in [1.54, 1.807) is 0 Å². The zero-order chi connectivity index (χ0) is 20.2. The van der Waals surface area contributed by atoms with Gasteiger partial charge in [0.25, 0.3) is 5.91 Å². The number of aryl methyl sites for hydroxylation is 1. The first-order valence-electron chi connectivity index (χ1n) is 10.4. The number of benzene rings is 2. The number of hydrogen-bond acceptors (Lipinski definition) is 4. The molecule has 0 bridgehead atoms. The molecule has 0 radical (unpaired) electrons. The van der Waals surface area contributed by atoms with E-state index in [-0.39, 0.29) is 11.9 Å². The number of fused-ring (bicyclic) bond motifs is 1. The van der Waals surface area contributed by atoms with Gasteiger partial charge in [0.05, 0.1) is 5.56 Å². The average molecular weight is 392 g/mol. The van der Waals surface area contributed by atoms with Crippen molar-refractivity contribution < 1.29 is 13.9 Å². The van der Waals surface area contributed by atoms with Crippen molar-refractivity contribution in [1.29, 1.82) is 0 Å². The number of ether oxygens (including phenoxy) is 1. The molecule has 0 aliphatic carbocycles. The van der Waals surface area contributed by atoms with Crippen LogP contribution in [0.2, 0.25) is 0 Å². The average Bonchev–Trinajstić information content (AvgIpc) is 3.08. The molecule has 152 valence electrons. The van der Waals surface area contributed by atoms with Crippen LogP contribution in [0.3, 0.4) is 0 Å². The van der Waals surface area contributed by atoms with Gasteiger partial charge in [-0.05, 0) is 50.1 Å². The van der Waals surface area contributed by atoms with Crippen LogP contribution in [0.4, 0.5) is 0 Å². The fourth-order valence-corrected chi connectivity index (χ4v) is 3.96. The molecule has 0 spiro atoms. The quantitative estimate of drug-likeness (QED) is 0.669. The van der Waals surface area contributed by atoms with Crippen LogP contribution < -0.4 is 10.1 Å². The van der Waals surface area contributed by atoms with E-state index >= 15 is 0 Å². The van der Waals surface area contributed by atoms with Crippen LogP contribution in [0.5, 0.6) is 5.75 Å². The minimum Gasteiger partial charge on any atom is -0.489 e. The second-order valence-corrected chi connectivity index (χ2v) is 7.65. The third-order valence-corrected chi connectivity index (χ3v) is 5.68. The first kappa shape index (κ1) is 19.5. The smallest absolute Gasteiger partial charge is 0.255 e. The molecule has 3 aromatic rings. The molecule has 1 aliphatic rings. The largest absolute Gasteiger partial charge is 0.489 e. The lowest BCUT2D eigenvalue weighted by molar-refractivity contribution is 0.0912. The zero-order valence-corrected chi connectivity index (χ0v) is 17.1. The van der Waals surface area contributed by atoms with Crippen LogP contribution in [0, 0.1) is 6.92 Å². The summed E-state index contributed by atoms with van der Waals surface area (Å²) in [7, 11) is 0. The summed E-state index contributed by atoms with van der Waals surface area (Å²) in [5.41, 5.74) is 2.43. The number of nitrogens with zero attached hydrogens (tertiary/aromatic N) is 1. The molecular formula is C24H28N2O3. The Morgan fingerprint density at radius 1 is 1.17 bits per heavy atom. The van der Waals surface area contributed by atoms with Crippen molar-refractivity contribution in [3.05, 3.63) is 65.4 Å². The molecule has 2 heterocycles. The molecule has 1 aromatic heterocycles. The molecule has 5 nitrogen and oxygen atoms in total. The van der Waals surface area contributed by atoms with Gasteiger partial charge >= 0.3 is 0 Å². The molecule has 0 unspecified atom stereocenters. The third kappa shape index (κ3) is 4.46. The molecule has 4 rings (SSSR count). The van der Waals surface area contributed by atoms with Crippen molar-refractivity contribution in [2.75, 3.05) is 19.6 Å². The predicted octanol–water partition coefficient (Wildman–Crippen LogP) is 4.53. The number of nitrogens with one attached hydrogen (secondary N) is 1. The van der Waals surface area contributed by atoms with Gasteiger partial charge in [0.2, 0.25) is 0 Å². The molecular weight excluding hydrogens is 364 g/mol. The maximum absolute atomic E-state index is 13.0. The summed E-state index contributed by atoms with van der Waals surface area (Å²) in [5, 5.41) is 4.01. The normalized spacial score (nSPS) is 15.5. The number of piperidine rings is 1. The van der Waals surface area contributed by atoms with E-state index in [4.69, 9.17) is 9.15 Å². The molecule has 2 aromatic carbocycles. The van der Waals surface area contributed by atoms with Gasteiger partial charge in [-0.2, -0.15) is 0 Å². The molecule has 0 saturated carbocycles. The summed E-state index contributed by atoms with van der Waals surface area (Å²) in [5.74, 6) is 1.31. The van der Waals surface area contributed by atoms with Crippen molar-refractivity contribution in [3.63, 3.8) is 0 Å². The van der Waals surface area contributed by atoms with Crippen LogP contribution in [-0.4, -0.2) is 36.5 Å². The van der Waals surface area contributed by atoms with Gasteiger partial charge in [-0.15, -0.1) is 0 Å². The first-order chi connectivity index (χ1) is 14.1. The topological polar surface area (TPSA) is 54.7 Å². The molecule has 5 heteroatoms. The highest BCUT2D eigenvalue weighted by molar-refractivity contribution is 6.07. The highest BCUT2D eigenvalue weighted by Gasteiger charge is 2.24. The fraction of sp³-hybridized carbons (Fsp3) is 0.375. The SMILES string of the molecule is CCN1CCC(NC(=O)c2c(C)oc3ccc(OCc4ccccc4)cc23)CC1. The minimum absolute atomic E-state index is 0.0589. The van der Waals surface area contributed by atoms with Crippen LogP contribution in [0.1, 0.15) is 41.4 Å². The summed E-state index contributed by atoms with van der Waals surface area (Å²) in [4.78, 5) is 15.4. The summed E-state index contributed by atoms with van der Waals surface area (Å²) >= 11 is 0. The number of amides is 1. The summed E-state index contributed by atoms with van der Waals surface area (Å²) in [6.07, 6.45) is 1.97. The van der Waals surface area contributed by atoms with Crippen molar-refractivity contribution >= 4 is 16.9 Å². The van der Waals surface area contributed by atoms with Gasteiger partial charge < -0.3 is 19.4 Å². The lowest BCUT2D eigenvalue weighted by atomic mass is 10.0. The van der Waals surface area contributed by atoms with E-state index < -0.39 is 0 Å². The summed E-state index contributed by atoms with van der Waals surface area (Å²) in [6, 6.07) is 15.9. The van der Waals surface area contributed by atoms with Gasteiger partial charge in [0.1, 0.15) is 23.7 Å². The number of carbonyl (C=O) groups excluding carboxylic acids is 1. The van der Waals surface area contributed by atoms with E-state index in [1.807, 2.05) is 55.5 Å². The Bertz CT molecular complexity index is 972. The zero-order valence-electron chi connectivity index (χ0n) is 17.1. The molecule has 1 N–H and O–H groups in total. The fourth-order valence-electron chi connectivity index (χ4n) is 3.96. The van der Waals surface area contributed by atoms with Gasteiger partial charge in [0, 0.05) is 24.5 Å². The van der Waals surface area contributed by atoms with Gasteiger partial charge in [-0.25, -0.2) is 0 Å². The Morgan fingerprint density at radius 2 is 1.93 bits per heavy atom. The maximum atomic E-state index is 13.0. The van der Waals surface area contributed by atoms with E-state index in [1.165, 1.54) is 0 Å². The van der Waals surface area contributed by atoms with E-state index in [2.05, 4.69) is 17.1 Å². The Kier molecular flexibility index (Phi) is 5.86. The highest BCUT2D eigenvalue weighted by atomic mass is 16.5. The number of rotatable bonds is 6. The Morgan fingerprint density at radius 3 is 2.66 bits per heavy atom. The summed E-state index contributed by atoms with van der Waals surface area (Å²) < 4.78 is 11.8. The van der Waals surface area contributed by atoms with E-state index in [0.29, 0.717) is 23.5 Å². The molecule has 1 saturated heterocycles.